The first-order valence-electron chi connectivity index (χ1n) is 4.04. The lowest BCUT2D eigenvalue weighted by molar-refractivity contribution is -0.545. The van der Waals surface area contributed by atoms with Crippen LogP contribution in [0.15, 0.2) is 23.9 Å². The fraction of sp³-hybridized carbons (Fsp3) is 0.429. The van der Waals surface area contributed by atoms with Crippen LogP contribution < -0.4 is 0 Å². The second kappa shape index (κ2) is 3.99. The van der Waals surface area contributed by atoms with E-state index in [0.717, 1.165) is 0 Å². The molecular formula is C7H4ClF3N2O4. The van der Waals surface area contributed by atoms with Crippen molar-refractivity contribution in [1.82, 2.24) is 0 Å². The second-order valence-electron chi connectivity index (χ2n) is 3.19. The van der Waals surface area contributed by atoms with Gasteiger partial charge >= 0.3 is 11.2 Å². The Bertz CT molecular complexity index is 433. The topological polar surface area (TPSA) is 86.3 Å². The molecule has 2 atom stereocenters. The zero-order valence-electron chi connectivity index (χ0n) is 7.85. The minimum Gasteiger partial charge on any atom is -0.262 e. The maximum atomic E-state index is 12.5. The van der Waals surface area contributed by atoms with Crippen molar-refractivity contribution in [2.45, 2.75) is 11.2 Å². The van der Waals surface area contributed by atoms with Crippen LogP contribution >= 0.6 is 11.6 Å². The summed E-state index contributed by atoms with van der Waals surface area (Å²) in [4.78, 5) is 15.5. The number of allylic oxidation sites excluding steroid dienone is 1. The van der Waals surface area contributed by atoms with Crippen molar-refractivity contribution >= 4 is 11.6 Å². The molecule has 0 fully saturated rings. The lowest BCUT2D eigenvalue weighted by Gasteiger charge is -2.26. The molecule has 0 aromatic rings. The highest BCUT2D eigenvalue weighted by atomic mass is 35.5. The largest absolute Gasteiger partial charge is 0.404 e. The molecule has 1 rings (SSSR count). The summed E-state index contributed by atoms with van der Waals surface area (Å²) in [5.41, 5.74) is -0.884. The average Bonchev–Trinajstić information content (AvgIpc) is 2.15. The molecule has 94 valence electrons. The Morgan fingerprint density at radius 3 is 2.24 bits per heavy atom. The Hall–Kier alpha value is -1.64. The summed E-state index contributed by atoms with van der Waals surface area (Å²) in [5.74, 6) is -2.75. The SMILES string of the molecule is O=[N+]([O-])C1=CC(C(F)(F)F)C(Cl)([N+](=O)[O-])C=C1. The predicted molar refractivity (Wildman–Crippen MR) is 49.3 cm³/mol. The summed E-state index contributed by atoms with van der Waals surface area (Å²) in [5, 5.41) is 20.8. The molecule has 0 radical (unpaired) electrons. The third kappa shape index (κ3) is 2.38. The van der Waals surface area contributed by atoms with Gasteiger partial charge in [-0.3, -0.25) is 20.2 Å². The third-order valence-electron chi connectivity index (χ3n) is 2.10. The van der Waals surface area contributed by atoms with Gasteiger partial charge in [0.15, 0.2) is 5.92 Å². The summed E-state index contributed by atoms with van der Waals surface area (Å²) >= 11 is 5.26. The summed E-state index contributed by atoms with van der Waals surface area (Å²) in [6.45, 7) is 0. The van der Waals surface area contributed by atoms with E-state index in [0.29, 0.717) is 12.2 Å². The molecule has 0 heterocycles. The van der Waals surface area contributed by atoms with Gasteiger partial charge in [0, 0.05) is 23.2 Å². The lowest BCUT2D eigenvalue weighted by atomic mass is 9.93. The van der Waals surface area contributed by atoms with Crippen molar-refractivity contribution < 1.29 is 23.0 Å². The van der Waals surface area contributed by atoms with Gasteiger partial charge < -0.3 is 0 Å². The molecule has 10 heteroatoms. The molecule has 0 N–H and O–H groups in total. The molecule has 6 nitrogen and oxygen atoms in total. The lowest BCUT2D eigenvalue weighted by Crippen LogP contribution is -2.46. The van der Waals surface area contributed by atoms with Crippen molar-refractivity contribution in [3.63, 3.8) is 0 Å². The van der Waals surface area contributed by atoms with Crippen LogP contribution in [0.4, 0.5) is 13.2 Å². The van der Waals surface area contributed by atoms with Crippen LogP contribution in [0.5, 0.6) is 0 Å². The van der Waals surface area contributed by atoms with Crippen LogP contribution in [-0.2, 0) is 0 Å². The number of rotatable bonds is 2. The molecular weight excluding hydrogens is 269 g/mol. The number of alkyl halides is 4. The number of halogens is 4. The highest BCUT2D eigenvalue weighted by molar-refractivity contribution is 6.24. The Morgan fingerprint density at radius 2 is 1.88 bits per heavy atom. The molecule has 0 aliphatic heterocycles. The quantitative estimate of drug-likeness (QED) is 0.333. The van der Waals surface area contributed by atoms with Gasteiger partial charge in [-0.05, 0) is 11.6 Å². The molecule has 17 heavy (non-hydrogen) atoms. The van der Waals surface area contributed by atoms with Crippen molar-refractivity contribution in [1.29, 1.82) is 0 Å². The van der Waals surface area contributed by atoms with Gasteiger partial charge in [0.25, 0.3) is 5.70 Å². The van der Waals surface area contributed by atoms with E-state index in [1.165, 1.54) is 0 Å². The Balaban J connectivity index is 3.29. The zero-order chi connectivity index (χ0) is 13.4. The van der Waals surface area contributed by atoms with E-state index in [1.54, 1.807) is 0 Å². The van der Waals surface area contributed by atoms with Crippen LogP contribution in [-0.4, -0.2) is 21.0 Å². The van der Waals surface area contributed by atoms with Gasteiger partial charge in [-0.25, -0.2) is 0 Å². The molecule has 1 aliphatic rings. The molecule has 0 amide bonds. The standard InChI is InChI=1S/C7H4ClF3N2O4/c8-6(13(16)17)2-1-4(12(14)15)3-5(6)7(9,10)11/h1-3,5H. The van der Waals surface area contributed by atoms with Crippen molar-refractivity contribution in [2.24, 2.45) is 5.92 Å². The van der Waals surface area contributed by atoms with Crippen molar-refractivity contribution in [2.75, 3.05) is 0 Å². The molecule has 0 bridgehead atoms. The van der Waals surface area contributed by atoms with Gasteiger partial charge in [-0.15, -0.1) is 0 Å². The fourth-order valence-electron chi connectivity index (χ4n) is 1.27. The van der Waals surface area contributed by atoms with E-state index in [2.05, 4.69) is 0 Å². The van der Waals surface area contributed by atoms with Crippen molar-refractivity contribution in [3.8, 4) is 0 Å². The maximum Gasteiger partial charge on any atom is 0.404 e. The Kier molecular flexibility index (Phi) is 3.15. The summed E-state index contributed by atoms with van der Waals surface area (Å²) < 4.78 is 37.6. The zero-order valence-corrected chi connectivity index (χ0v) is 8.60. The van der Waals surface area contributed by atoms with Crippen LogP contribution in [0, 0.1) is 26.1 Å². The minimum atomic E-state index is -5.05. The monoisotopic (exact) mass is 272 g/mol. The average molecular weight is 273 g/mol. The third-order valence-corrected chi connectivity index (χ3v) is 2.60. The molecule has 1 aliphatic carbocycles. The Morgan fingerprint density at radius 1 is 1.35 bits per heavy atom. The highest BCUT2D eigenvalue weighted by Gasteiger charge is 2.61. The van der Waals surface area contributed by atoms with Crippen LogP contribution in [0.2, 0.25) is 0 Å². The van der Waals surface area contributed by atoms with Gasteiger partial charge in [0.05, 0.1) is 4.92 Å². The minimum absolute atomic E-state index is 0.135. The van der Waals surface area contributed by atoms with Crippen molar-refractivity contribution in [3.05, 3.63) is 44.2 Å². The van der Waals surface area contributed by atoms with E-state index in [9.17, 15) is 33.4 Å². The van der Waals surface area contributed by atoms with E-state index in [-0.39, 0.29) is 6.08 Å². The normalized spacial score (nSPS) is 28.7. The van der Waals surface area contributed by atoms with Gasteiger partial charge in [-0.2, -0.15) is 13.2 Å². The number of nitrogens with zero attached hydrogens (tertiary/aromatic N) is 2. The van der Waals surface area contributed by atoms with E-state index in [1.807, 2.05) is 0 Å². The molecule has 2 unspecified atom stereocenters. The van der Waals surface area contributed by atoms with Crippen LogP contribution in [0.1, 0.15) is 0 Å². The molecule has 0 aromatic carbocycles. The molecule has 0 aromatic heterocycles. The molecule has 0 saturated heterocycles. The van der Waals surface area contributed by atoms with E-state index < -0.39 is 32.6 Å². The predicted octanol–water partition coefficient (Wildman–Crippen LogP) is 2.11. The summed E-state index contributed by atoms with van der Waals surface area (Å²) in [6.07, 6.45) is -3.97. The second-order valence-corrected chi connectivity index (χ2v) is 3.79. The maximum absolute atomic E-state index is 12.5. The van der Waals surface area contributed by atoms with Gasteiger partial charge in [0.1, 0.15) is 0 Å². The number of hydrogen-bond acceptors (Lipinski definition) is 4. The molecule has 0 saturated carbocycles. The summed E-state index contributed by atoms with van der Waals surface area (Å²) in [7, 11) is 0. The fourth-order valence-corrected chi connectivity index (χ4v) is 1.52. The highest BCUT2D eigenvalue weighted by Crippen LogP contribution is 2.43. The number of hydrogen-bond donors (Lipinski definition) is 0. The van der Waals surface area contributed by atoms with Crippen LogP contribution in [0.3, 0.4) is 0 Å². The first-order valence-corrected chi connectivity index (χ1v) is 4.42. The number of nitro groups is 2. The van der Waals surface area contributed by atoms with Gasteiger partial charge in [0.2, 0.25) is 0 Å². The smallest absolute Gasteiger partial charge is 0.262 e. The summed E-state index contributed by atoms with van der Waals surface area (Å²) in [6, 6.07) is 0. The van der Waals surface area contributed by atoms with E-state index >= 15 is 0 Å². The van der Waals surface area contributed by atoms with Crippen LogP contribution in [0.25, 0.3) is 0 Å². The first kappa shape index (κ1) is 13.4. The van der Waals surface area contributed by atoms with E-state index in [4.69, 9.17) is 11.6 Å². The molecule has 0 spiro atoms. The van der Waals surface area contributed by atoms with Gasteiger partial charge in [-0.1, -0.05) is 0 Å². The Labute approximate surface area is 96.6 Å². The first-order chi connectivity index (χ1) is 7.59.